The highest BCUT2D eigenvalue weighted by Gasteiger charge is 2.26. The molecule has 0 heterocycles. The SMILES string of the molecule is CCCCCCC(C)C(=O)OCC(COC(=O)C(C)CCCCCC)OC(=O)CCCC(CCCC(O)OC(COC(=O)C(C)CCCCCC)COC(=O)C(C)CCCCCC)OC(=O)CCCN(C)C. The van der Waals surface area contributed by atoms with Gasteiger partial charge in [-0.15, -0.1) is 0 Å². The number of hydrogen-bond donors (Lipinski definition) is 1. The first-order chi connectivity index (χ1) is 34.5. The maximum Gasteiger partial charge on any atom is 0.308 e. The highest BCUT2D eigenvalue weighted by atomic mass is 16.6. The summed E-state index contributed by atoms with van der Waals surface area (Å²) in [7, 11) is 3.85. The number of carbonyl (C=O) groups is 6. The fourth-order valence-electron chi connectivity index (χ4n) is 8.07. The normalized spacial score (nSPS) is 14.8. The van der Waals surface area contributed by atoms with Crippen molar-refractivity contribution in [2.75, 3.05) is 47.1 Å². The molecular formula is C57H105NO14. The molecule has 15 nitrogen and oxygen atoms in total. The van der Waals surface area contributed by atoms with Crippen LogP contribution in [0.5, 0.6) is 0 Å². The van der Waals surface area contributed by atoms with Gasteiger partial charge in [-0.3, -0.25) is 28.8 Å². The summed E-state index contributed by atoms with van der Waals surface area (Å²) in [5.41, 5.74) is 0. The number of ether oxygens (including phenoxy) is 7. The summed E-state index contributed by atoms with van der Waals surface area (Å²) < 4.78 is 40.0. The lowest BCUT2D eigenvalue weighted by atomic mass is 10.0. The number of hydrogen-bond acceptors (Lipinski definition) is 15. The van der Waals surface area contributed by atoms with Crippen LogP contribution in [0.25, 0.3) is 0 Å². The predicted molar refractivity (Wildman–Crippen MR) is 282 cm³/mol. The number of nitrogens with zero attached hydrogens (tertiary/aromatic N) is 1. The molecule has 0 spiro atoms. The summed E-state index contributed by atoms with van der Waals surface area (Å²) in [4.78, 5) is 79.9. The van der Waals surface area contributed by atoms with E-state index in [1.54, 1.807) is 0 Å². The molecule has 0 radical (unpaired) electrons. The third-order valence-electron chi connectivity index (χ3n) is 13.0. The molecule has 1 N–H and O–H groups in total. The molecule has 0 aliphatic rings. The third kappa shape index (κ3) is 38.3. The van der Waals surface area contributed by atoms with Gasteiger partial charge in [0.1, 0.15) is 38.6 Å². The molecular weight excluding hydrogens is 923 g/mol. The van der Waals surface area contributed by atoms with E-state index < -0.39 is 42.5 Å². The van der Waals surface area contributed by atoms with Crippen molar-refractivity contribution in [1.82, 2.24) is 4.90 Å². The summed E-state index contributed by atoms with van der Waals surface area (Å²) in [6, 6.07) is 0. The Morgan fingerprint density at radius 3 is 1.08 bits per heavy atom. The summed E-state index contributed by atoms with van der Waals surface area (Å²) in [5, 5.41) is 11.1. The molecule has 422 valence electrons. The lowest BCUT2D eigenvalue weighted by Crippen LogP contribution is -2.34. The van der Waals surface area contributed by atoms with E-state index in [4.69, 9.17) is 33.2 Å². The van der Waals surface area contributed by atoms with Crippen LogP contribution in [0.3, 0.4) is 0 Å². The standard InChI is InChI=1S/C57H105NO14/c1-11-15-19-23-30-44(5)54(62)66-40-49(41-67-55(63)45(6)31-24-20-16-12-2)71-51(59)36-27-34-48(70-53(61)38-29-39-58(9)10)35-28-37-52(60)72-50(42-68-56(64)46(7)32-25-21-17-13-3)43-69-57(65)47(8)33-26-22-18-14-4/h44-51,59H,11-43H2,1-10H3. The van der Waals surface area contributed by atoms with E-state index in [2.05, 4.69) is 27.7 Å². The van der Waals surface area contributed by atoms with Gasteiger partial charge >= 0.3 is 35.8 Å². The molecule has 0 amide bonds. The van der Waals surface area contributed by atoms with Crippen molar-refractivity contribution in [3.63, 3.8) is 0 Å². The van der Waals surface area contributed by atoms with Crippen molar-refractivity contribution in [1.29, 1.82) is 0 Å². The van der Waals surface area contributed by atoms with E-state index in [0.717, 1.165) is 103 Å². The molecule has 15 heteroatoms. The lowest BCUT2D eigenvalue weighted by Gasteiger charge is -2.24. The van der Waals surface area contributed by atoms with E-state index in [9.17, 15) is 33.9 Å². The first kappa shape index (κ1) is 68.7. The van der Waals surface area contributed by atoms with Crippen LogP contribution in [-0.2, 0) is 61.9 Å². The zero-order valence-corrected chi connectivity index (χ0v) is 47.2. The van der Waals surface area contributed by atoms with E-state index in [1.165, 1.54) is 0 Å². The zero-order chi connectivity index (χ0) is 53.9. The largest absolute Gasteiger partial charge is 0.463 e. The van der Waals surface area contributed by atoms with E-state index in [1.807, 2.05) is 46.7 Å². The molecule has 0 fully saturated rings. The molecule has 0 rings (SSSR count). The van der Waals surface area contributed by atoms with E-state index in [0.29, 0.717) is 64.3 Å². The van der Waals surface area contributed by atoms with E-state index >= 15 is 0 Å². The lowest BCUT2D eigenvalue weighted by molar-refractivity contribution is -0.186. The van der Waals surface area contributed by atoms with Crippen LogP contribution in [0.15, 0.2) is 0 Å². The molecule has 0 aliphatic heterocycles. The van der Waals surface area contributed by atoms with Crippen molar-refractivity contribution in [3.05, 3.63) is 0 Å². The number of aliphatic hydroxyl groups is 1. The molecule has 72 heavy (non-hydrogen) atoms. The Bertz CT molecular complexity index is 1340. The molecule has 0 aromatic rings. The molecule has 0 saturated carbocycles. The van der Waals surface area contributed by atoms with Crippen molar-refractivity contribution in [2.45, 2.75) is 260 Å². The van der Waals surface area contributed by atoms with Gasteiger partial charge in [0, 0.05) is 12.8 Å². The fourth-order valence-corrected chi connectivity index (χ4v) is 8.07. The second-order valence-corrected chi connectivity index (χ2v) is 20.7. The van der Waals surface area contributed by atoms with Crippen LogP contribution < -0.4 is 0 Å². The van der Waals surface area contributed by atoms with Gasteiger partial charge < -0.3 is 43.2 Å². The Morgan fingerprint density at radius 2 is 0.722 bits per heavy atom. The molecule has 6 unspecified atom stereocenters. The number of aliphatic hydroxyl groups excluding tert-OH is 1. The number of esters is 6. The van der Waals surface area contributed by atoms with Gasteiger partial charge in [-0.25, -0.2) is 0 Å². The highest BCUT2D eigenvalue weighted by molar-refractivity contribution is 5.74. The van der Waals surface area contributed by atoms with Gasteiger partial charge in [-0.2, -0.15) is 0 Å². The summed E-state index contributed by atoms with van der Waals surface area (Å²) in [5.74, 6) is -3.75. The van der Waals surface area contributed by atoms with Crippen molar-refractivity contribution in [2.24, 2.45) is 23.7 Å². The highest BCUT2D eigenvalue weighted by Crippen LogP contribution is 2.20. The van der Waals surface area contributed by atoms with Gasteiger partial charge in [0.25, 0.3) is 0 Å². The van der Waals surface area contributed by atoms with Crippen molar-refractivity contribution >= 4 is 35.8 Å². The molecule has 0 aliphatic carbocycles. The summed E-state index contributed by atoms with van der Waals surface area (Å²) >= 11 is 0. The van der Waals surface area contributed by atoms with Gasteiger partial charge in [-0.05, 0) is 84.8 Å². The van der Waals surface area contributed by atoms with Crippen LogP contribution in [0.2, 0.25) is 0 Å². The minimum Gasteiger partial charge on any atom is -0.463 e. The minimum atomic E-state index is -1.30. The maximum absolute atomic E-state index is 13.3. The number of unbranched alkanes of at least 4 members (excludes halogenated alkanes) is 12. The number of rotatable bonds is 48. The van der Waals surface area contributed by atoms with Gasteiger partial charge in [0.15, 0.2) is 12.4 Å². The van der Waals surface area contributed by atoms with Gasteiger partial charge in [0.2, 0.25) is 0 Å². The first-order valence-electron chi connectivity index (χ1n) is 28.5. The van der Waals surface area contributed by atoms with Crippen LogP contribution in [0, 0.1) is 23.7 Å². The van der Waals surface area contributed by atoms with Crippen LogP contribution >= 0.6 is 0 Å². The monoisotopic (exact) mass is 1030 g/mol. The number of carbonyl (C=O) groups excluding carboxylic acids is 6. The summed E-state index contributed by atoms with van der Waals surface area (Å²) in [6.07, 6.45) is 17.9. The fraction of sp³-hybridized carbons (Fsp3) is 0.895. The van der Waals surface area contributed by atoms with Crippen LogP contribution in [0.1, 0.15) is 235 Å². The third-order valence-corrected chi connectivity index (χ3v) is 13.0. The Balaban J connectivity index is 5.78. The zero-order valence-electron chi connectivity index (χ0n) is 47.2. The average molecular weight is 1030 g/mol. The van der Waals surface area contributed by atoms with Crippen LogP contribution in [0.4, 0.5) is 0 Å². The van der Waals surface area contributed by atoms with E-state index in [-0.39, 0.29) is 87.3 Å². The second-order valence-electron chi connectivity index (χ2n) is 20.7. The van der Waals surface area contributed by atoms with Crippen molar-refractivity contribution < 1.29 is 67.0 Å². The van der Waals surface area contributed by atoms with Gasteiger partial charge in [0.05, 0.1) is 23.7 Å². The minimum absolute atomic E-state index is 0.0334. The smallest absolute Gasteiger partial charge is 0.308 e. The molecule has 0 bridgehead atoms. The van der Waals surface area contributed by atoms with Gasteiger partial charge in [-0.1, -0.05) is 158 Å². The predicted octanol–water partition coefficient (Wildman–Crippen LogP) is 11.8. The van der Waals surface area contributed by atoms with Crippen LogP contribution in [-0.4, -0.2) is 117 Å². The average Bonchev–Trinajstić information content (AvgIpc) is 3.34. The first-order valence-corrected chi connectivity index (χ1v) is 28.5. The summed E-state index contributed by atoms with van der Waals surface area (Å²) in [6.45, 7) is 15.6. The molecule has 6 atom stereocenters. The topological polar surface area (TPSA) is 190 Å². The molecule has 0 saturated heterocycles. The molecule has 0 aromatic heterocycles. The quantitative estimate of drug-likeness (QED) is 0.0262. The Labute approximate surface area is 436 Å². The Kier molecular flexibility index (Phi) is 43.1. The van der Waals surface area contributed by atoms with Crippen molar-refractivity contribution in [3.8, 4) is 0 Å². The second kappa shape index (κ2) is 45.1. The molecule has 0 aromatic carbocycles. The Hall–Kier alpha value is -3.30. The maximum atomic E-state index is 13.3. The Morgan fingerprint density at radius 1 is 0.389 bits per heavy atom.